The molecule has 0 unspecified atom stereocenters. The van der Waals surface area contributed by atoms with Gasteiger partial charge in [-0.05, 0) is 0 Å². The summed E-state index contributed by atoms with van der Waals surface area (Å²) in [5.74, 6) is -0.164. The predicted octanol–water partition coefficient (Wildman–Crippen LogP) is 2.82. The molecule has 1 amide bonds. The number of nitrogens with one attached hydrogen (secondary N) is 1. The summed E-state index contributed by atoms with van der Waals surface area (Å²) in [6, 6.07) is 3.71. The van der Waals surface area contributed by atoms with E-state index in [2.05, 4.69) is 10.5 Å². The number of amides is 1. The van der Waals surface area contributed by atoms with Crippen LogP contribution in [0.3, 0.4) is 0 Å². The van der Waals surface area contributed by atoms with Crippen molar-refractivity contribution in [1.29, 1.82) is 0 Å². The first-order chi connectivity index (χ1) is 9.49. The lowest BCUT2D eigenvalue weighted by atomic mass is 10.2. The molecule has 2 aromatic rings. The molecule has 0 bridgehead atoms. The minimum Gasteiger partial charge on any atom is -0.360 e. The molecule has 1 N–H and O–H groups in total. The van der Waals surface area contributed by atoms with Gasteiger partial charge in [-0.2, -0.15) is 0 Å². The molecule has 0 aliphatic heterocycles. The van der Waals surface area contributed by atoms with Gasteiger partial charge >= 0.3 is 0 Å². The Bertz CT molecular complexity index is 658. The normalized spacial score (nSPS) is 10.3. The van der Waals surface area contributed by atoms with Crippen molar-refractivity contribution in [2.24, 2.45) is 0 Å². The molecule has 7 nitrogen and oxygen atoms in total. The van der Waals surface area contributed by atoms with Crippen molar-refractivity contribution in [2.45, 2.75) is 6.54 Å². The van der Waals surface area contributed by atoms with E-state index in [1.807, 2.05) is 0 Å². The SMILES string of the molecule is O=C(NCc1ccno1)c1cc([N+](=O)[O-])cc(Cl)c1Cl. The quantitative estimate of drug-likeness (QED) is 0.691. The van der Waals surface area contributed by atoms with E-state index in [-0.39, 0.29) is 27.8 Å². The number of carbonyl (C=O) groups excluding carboxylic acids is 1. The second kappa shape index (κ2) is 5.89. The van der Waals surface area contributed by atoms with Gasteiger partial charge in [0.15, 0.2) is 5.76 Å². The second-order valence-electron chi connectivity index (χ2n) is 3.71. The maximum Gasteiger partial charge on any atom is 0.271 e. The minimum atomic E-state index is -0.657. The molecule has 0 atom stereocenters. The third kappa shape index (κ3) is 3.06. The van der Waals surface area contributed by atoms with Crippen LogP contribution in [-0.2, 0) is 6.54 Å². The average molecular weight is 316 g/mol. The molecule has 0 spiro atoms. The topological polar surface area (TPSA) is 98.3 Å². The second-order valence-corrected chi connectivity index (χ2v) is 4.49. The molecule has 104 valence electrons. The van der Waals surface area contributed by atoms with E-state index < -0.39 is 10.8 Å². The van der Waals surface area contributed by atoms with E-state index in [9.17, 15) is 14.9 Å². The lowest BCUT2D eigenvalue weighted by molar-refractivity contribution is -0.384. The van der Waals surface area contributed by atoms with Crippen molar-refractivity contribution in [3.63, 3.8) is 0 Å². The van der Waals surface area contributed by atoms with Crippen LogP contribution in [0.25, 0.3) is 0 Å². The summed E-state index contributed by atoms with van der Waals surface area (Å²) in [7, 11) is 0. The molecule has 0 saturated carbocycles. The van der Waals surface area contributed by atoms with Crippen molar-refractivity contribution in [2.75, 3.05) is 0 Å². The predicted molar refractivity (Wildman–Crippen MR) is 70.8 cm³/mol. The smallest absolute Gasteiger partial charge is 0.271 e. The molecule has 0 saturated heterocycles. The molecule has 1 heterocycles. The van der Waals surface area contributed by atoms with Crippen LogP contribution in [0.1, 0.15) is 16.1 Å². The Morgan fingerprint density at radius 3 is 2.80 bits per heavy atom. The lowest BCUT2D eigenvalue weighted by Crippen LogP contribution is -2.23. The van der Waals surface area contributed by atoms with Crippen molar-refractivity contribution in [3.8, 4) is 0 Å². The molecule has 0 aliphatic carbocycles. The maximum atomic E-state index is 11.9. The van der Waals surface area contributed by atoms with E-state index >= 15 is 0 Å². The Hall–Kier alpha value is -2.12. The molecule has 1 aromatic carbocycles. The van der Waals surface area contributed by atoms with Crippen molar-refractivity contribution < 1.29 is 14.2 Å². The number of hydrogen-bond donors (Lipinski definition) is 1. The molecule has 9 heteroatoms. The largest absolute Gasteiger partial charge is 0.360 e. The first-order valence-corrected chi connectivity index (χ1v) is 6.06. The van der Waals surface area contributed by atoms with Gasteiger partial charge < -0.3 is 9.84 Å². The Morgan fingerprint density at radius 2 is 2.20 bits per heavy atom. The number of aromatic nitrogens is 1. The van der Waals surface area contributed by atoms with Gasteiger partial charge in [0, 0.05) is 18.2 Å². The first kappa shape index (κ1) is 14.3. The third-order valence-electron chi connectivity index (χ3n) is 2.38. The highest BCUT2D eigenvalue weighted by Gasteiger charge is 2.19. The van der Waals surface area contributed by atoms with Crippen molar-refractivity contribution >= 4 is 34.8 Å². The van der Waals surface area contributed by atoms with Gasteiger partial charge in [0.2, 0.25) is 0 Å². The van der Waals surface area contributed by atoms with Gasteiger partial charge in [0.05, 0.1) is 33.3 Å². The Labute approximate surface area is 122 Å². The Balaban J connectivity index is 2.22. The van der Waals surface area contributed by atoms with Crippen LogP contribution < -0.4 is 5.32 Å². The van der Waals surface area contributed by atoms with E-state index in [4.69, 9.17) is 27.7 Å². The molecule has 2 rings (SSSR count). The fourth-order valence-electron chi connectivity index (χ4n) is 1.44. The fraction of sp³-hybridized carbons (Fsp3) is 0.0909. The van der Waals surface area contributed by atoms with Crippen LogP contribution in [0.15, 0.2) is 28.9 Å². The van der Waals surface area contributed by atoms with Gasteiger partial charge in [-0.1, -0.05) is 28.4 Å². The highest BCUT2D eigenvalue weighted by Crippen LogP contribution is 2.30. The molecule has 0 fully saturated rings. The molecular weight excluding hydrogens is 309 g/mol. The molecule has 0 aliphatic rings. The number of rotatable bonds is 4. The third-order valence-corrected chi connectivity index (χ3v) is 3.18. The fourth-order valence-corrected chi connectivity index (χ4v) is 1.85. The summed E-state index contributed by atoms with van der Waals surface area (Å²) < 4.78 is 4.80. The summed E-state index contributed by atoms with van der Waals surface area (Å²) in [6.45, 7) is 0.0788. The number of hydrogen-bond acceptors (Lipinski definition) is 5. The first-order valence-electron chi connectivity index (χ1n) is 5.30. The van der Waals surface area contributed by atoms with Crippen LogP contribution in [0, 0.1) is 10.1 Å². The standard InChI is InChI=1S/C11H7Cl2N3O4/c12-9-4-6(16(18)19)3-8(10(9)13)11(17)14-5-7-1-2-15-20-7/h1-4H,5H2,(H,14,17). The number of benzene rings is 1. The van der Waals surface area contributed by atoms with E-state index in [1.54, 1.807) is 6.07 Å². The Morgan fingerprint density at radius 1 is 1.45 bits per heavy atom. The minimum absolute atomic E-state index is 0.0488. The van der Waals surface area contributed by atoms with Gasteiger partial charge in [0.25, 0.3) is 11.6 Å². The number of nitro benzene ring substituents is 1. The number of nitrogens with zero attached hydrogens (tertiary/aromatic N) is 2. The monoisotopic (exact) mass is 315 g/mol. The van der Waals surface area contributed by atoms with Gasteiger partial charge in [-0.15, -0.1) is 0 Å². The van der Waals surface area contributed by atoms with Crippen LogP contribution in [-0.4, -0.2) is 16.0 Å². The van der Waals surface area contributed by atoms with E-state index in [0.29, 0.717) is 5.76 Å². The van der Waals surface area contributed by atoms with Crippen molar-refractivity contribution in [3.05, 3.63) is 55.9 Å². The zero-order valence-electron chi connectivity index (χ0n) is 9.80. The summed E-state index contributed by atoms with van der Waals surface area (Å²) >= 11 is 11.6. The zero-order valence-corrected chi connectivity index (χ0v) is 11.3. The van der Waals surface area contributed by atoms with Crippen LogP contribution >= 0.6 is 23.2 Å². The van der Waals surface area contributed by atoms with Crippen LogP contribution in [0.4, 0.5) is 5.69 Å². The molecular formula is C11H7Cl2N3O4. The molecule has 20 heavy (non-hydrogen) atoms. The van der Waals surface area contributed by atoms with Crippen LogP contribution in [0.2, 0.25) is 10.0 Å². The summed E-state index contributed by atoms with van der Waals surface area (Å²) in [6.07, 6.45) is 1.43. The molecule has 0 radical (unpaired) electrons. The van der Waals surface area contributed by atoms with E-state index in [0.717, 1.165) is 12.1 Å². The van der Waals surface area contributed by atoms with Gasteiger partial charge in [0.1, 0.15) is 0 Å². The summed E-state index contributed by atoms with van der Waals surface area (Å²) in [4.78, 5) is 22.0. The highest BCUT2D eigenvalue weighted by molar-refractivity contribution is 6.44. The van der Waals surface area contributed by atoms with Gasteiger partial charge in [-0.25, -0.2) is 0 Å². The van der Waals surface area contributed by atoms with Gasteiger partial charge in [-0.3, -0.25) is 14.9 Å². The highest BCUT2D eigenvalue weighted by atomic mass is 35.5. The maximum absolute atomic E-state index is 11.9. The average Bonchev–Trinajstić information content (AvgIpc) is 2.92. The number of carbonyl (C=O) groups is 1. The number of non-ortho nitro benzene ring substituents is 1. The van der Waals surface area contributed by atoms with Crippen molar-refractivity contribution in [1.82, 2.24) is 10.5 Å². The Kier molecular flexibility index (Phi) is 4.21. The lowest BCUT2D eigenvalue weighted by Gasteiger charge is -2.06. The summed E-state index contributed by atoms with van der Waals surface area (Å²) in [5.41, 5.74) is -0.394. The molecule has 1 aromatic heterocycles. The summed E-state index contributed by atoms with van der Waals surface area (Å²) in [5, 5.41) is 16.6. The van der Waals surface area contributed by atoms with E-state index in [1.165, 1.54) is 6.20 Å². The zero-order chi connectivity index (χ0) is 14.7. The number of halogens is 2. The van der Waals surface area contributed by atoms with Crippen LogP contribution in [0.5, 0.6) is 0 Å². The number of nitro groups is 1.